The number of ether oxygens (including phenoxy) is 1. The molecule has 0 saturated carbocycles. The van der Waals surface area contributed by atoms with E-state index in [-0.39, 0.29) is 23.1 Å². The first-order valence-electron chi connectivity index (χ1n) is 5.74. The average molecular weight is 283 g/mol. The molecule has 0 radical (unpaired) electrons. The molecule has 2 rings (SSSR count). The van der Waals surface area contributed by atoms with Crippen molar-refractivity contribution in [1.82, 2.24) is 15.0 Å². The van der Waals surface area contributed by atoms with Crippen molar-refractivity contribution in [2.75, 3.05) is 11.9 Å². The number of halogens is 2. The number of nitrogens with zero attached hydrogens (tertiary/aromatic N) is 3. The summed E-state index contributed by atoms with van der Waals surface area (Å²) in [5.41, 5.74) is 0.517. The molecule has 0 spiro atoms. The van der Waals surface area contributed by atoms with Gasteiger partial charge in [-0.15, -0.1) is 0 Å². The largest absolute Gasteiger partial charge is 0.463 e. The standard InChI is InChI=1S/C12H12ClFN4O/c1-2-6-19-12-17-10(13)16-11(18-12)15-9-5-3-4-8(14)7-9/h3-5,7H,2,6H2,1H3,(H,15,16,17,18). The fourth-order valence-corrected chi connectivity index (χ4v) is 1.49. The van der Waals surface area contributed by atoms with Crippen LogP contribution >= 0.6 is 11.6 Å². The zero-order valence-corrected chi connectivity index (χ0v) is 11.0. The van der Waals surface area contributed by atoms with Gasteiger partial charge in [-0.25, -0.2) is 4.39 Å². The predicted octanol–water partition coefficient (Wildman–Crippen LogP) is 3.20. The minimum absolute atomic E-state index is 0.0139. The molecule has 100 valence electrons. The number of rotatable bonds is 5. The van der Waals surface area contributed by atoms with E-state index in [4.69, 9.17) is 16.3 Å². The Kier molecular flexibility index (Phi) is 4.46. The van der Waals surface area contributed by atoms with Crippen LogP contribution in [-0.4, -0.2) is 21.6 Å². The van der Waals surface area contributed by atoms with Crippen LogP contribution in [0, 0.1) is 5.82 Å². The fraction of sp³-hybridized carbons (Fsp3) is 0.250. The van der Waals surface area contributed by atoms with E-state index in [0.717, 1.165) is 6.42 Å². The Bertz CT molecular complexity index is 567. The first-order chi connectivity index (χ1) is 9.17. The highest BCUT2D eigenvalue weighted by atomic mass is 35.5. The molecular formula is C12H12ClFN4O. The Morgan fingerprint density at radius 3 is 2.89 bits per heavy atom. The van der Waals surface area contributed by atoms with E-state index in [2.05, 4.69) is 20.3 Å². The molecule has 1 aromatic heterocycles. The highest BCUT2D eigenvalue weighted by Gasteiger charge is 2.06. The second-order valence-corrected chi connectivity index (χ2v) is 4.03. The Balaban J connectivity index is 2.17. The molecule has 1 N–H and O–H groups in total. The van der Waals surface area contributed by atoms with E-state index in [9.17, 15) is 4.39 Å². The van der Waals surface area contributed by atoms with Crippen LogP contribution in [-0.2, 0) is 0 Å². The highest BCUT2D eigenvalue weighted by Crippen LogP contribution is 2.17. The number of benzene rings is 1. The lowest BCUT2D eigenvalue weighted by molar-refractivity contribution is 0.292. The van der Waals surface area contributed by atoms with Gasteiger partial charge in [0.2, 0.25) is 11.2 Å². The molecule has 19 heavy (non-hydrogen) atoms. The van der Waals surface area contributed by atoms with Gasteiger partial charge < -0.3 is 10.1 Å². The summed E-state index contributed by atoms with van der Waals surface area (Å²) in [6.45, 7) is 2.45. The van der Waals surface area contributed by atoms with E-state index in [1.165, 1.54) is 12.1 Å². The zero-order chi connectivity index (χ0) is 13.7. The van der Waals surface area contributed by atoms with Crippen molar-refractivity contribution in [2.45, 2.75) is 13.3 Å². The summed E-state index contributed by atoms with van der Waals surface area (Å²) in [5.74, 6) is -0.149. The van der Waals surface area contributed by atoms with Crippen LogP contribution < -0.4 is 10.1 Å². The van der Waals surface area contributed by atoms with E-state index in [0.29, 0.717) is 12.3 Å². The number of aromatic nitrogens is 3. The molecule has 0 bridgehead atoms. The second kappa shape index (κ2) is 6.29. The van der Waals surface area contributed by atoms with Gasteiger partial charge >= 0.3 is 6.01 Å². The van der Waals surface area contributed by atoms with Crippen molar-refractivity contribution < 1.29 is 9.13 Å². The quantitative estimate of drug-likeness (QED) is 0.912. The van der Waals surface area contributed by atoms with Crippen LogP contribution in [0.2, 0.25) is 5.28 Å². The topological polar surface area (TPSA) is 59.9 Å². The van der Waals surface area contributed by atoms with Gasteiger partial charge in [-0.2, -0.15) is 15.0 Å². The molecule has 0 aliphatic rings. The van der Waals surface area contributed by atoms with Crippen LogP contribution in [0.1, 0.15) is 13.3 Å². The number of hydrogen-bond donors (Lipinski definition) is 1. The summed E-state index contributed by atoms with van der Waals surface area (Å²) < 4.78 is 18.3. The summed E-state index contributed by atoms with van der Waals surface area (Å²) in [7, 11) is 0. The summed E-state index contributed by atoms with van der Waals surface area (Å²) >= 11 is 5.77. The van der Waals surface area contributed by atoms with Crippen molar-refractivity contribution in [3.8, 4) is 6.01 Å². The lowest BCUT2D eigenvalue weighted by Crippen LogP contribution is -2.04. The van der Waals surface area contributed by atoms with Gasteiger partial charge in [0.15, 0.2) is 0 Å². The molecule has 0 atom stereocenters. The Labute approximate surface area is 114 Å². The molecule has 5 nitrogen and oxygen atoms in total. The Morgan fingerprint density at radius 1 is 1.32 bits per heavy atom. The Hall–Kier alpha value is -1.95. The maximum atomic E-state index is 13.1. The molecule has 0 fully saturated rings. The van der Waals surface area contributed by atoms with Crippen LogP contribution in [0.4, 0.5) is 16.0 Å². The first kappa shape index (κ1) is 13.5. The van der Waals surface area contributed by atoms with E-state index in [1.54, 1.807) is 12.1 Å². The Morgan fingerprint density at radius 2 is 2.16 bits per heavy atom. The molecule has 0 aliphatic carbocycles. The van der Waals surface area contributed by atoms with Crippen molar-refractivity contribution in [1.29, 1.82) is 0 Å². The summed E-state index contributed by atoms with van der Waals surface area (Å²) in [4.78, 5) is 11.8. The van der Waals surface area contributed by atoms with Crippen molar-refractivity contribution >= 4 is 23.2 Å². The number of anilines is 2. The van der Waals surface area contributed by atoms with Crippen LogP contribution in [0.25, 0.3) is 0 Å². The molecule has 0 aliphatic heterocycles. The monoisotopic (exact) mass is 282 g/mol. The van der Waals surface area contributed by atoms with Crippen LogP contribution in [0.3, 0.4) is 0 Å². The van der Waals surface area contributed by atoms with E-state index >= 15 is 0 Å². The fourth-order valence-electron chi connectivity index (χ4n) is 1.34. The third-order valence-electron chi connectivity index (χ3n) is 2.10. The minimum Gasteiger partial charge on any atom is -0.463 e. The van der Waals surface area contributed by atoms with Gasteiger partial charge in [-0.1, -0.05) is 13.0 Å². The normalized spacial score (nSPS) is 10.3. The maximum absolute atomic E-state index is 13.1. The number of hydrogen-bond acceptors (Lipinski definition) is 5. The molecule has 0 unspecified atom stereocenters. The smallest absolute Gasteiger partial charge is 0.322 e. The van der Waals surface area contributed by atoms with Crippen molar-refractivity contribution in [3.63, 3.8) is 0 Å². The van der Waals surface area contributed by atoms with Crippen LogP contribution in [0.15, 0.2) is 24.3 Å². The summed E-state index contributed by atoms with van der Waals surface area (Å²) in [5, 5.41) is 2.85. The molecule has 1 aromatic carbocycles. The third kappa shape index (κ3) is 4.03. The summed E-state index contributed by atoms with van der Waals surface area (Å²) in [6.07, 6.45) is 0.829. The van der Waals surface area contributed by atoms with E-state index < -0.39 is 0 Å². The average Bonchev–Trinajstić information content (AvgIpc) is 2.35. The molecule has 1 heterocycles. The first-order valence-corrected chi connectivity index (χ1v) is 6.12. The van der Waals surface area contributed by atoms with Crippen LogP contribution in [0.5, 0.6) is 6.01 Å². The summed E-state index contributed by atoms with van der Waals surface area (Å²) in [6, 6.07) is 6.08. The molecule has 2 aromatic rings. The number of nitrogens with one attached hydrogen (secondary N) is 1. The maximum Gasteiger partial charge on any atom is 0.322 e. The van der Waals surface area contributed by atoms with Gasteiger partial charge in [0, 0.05) is 5.69 Å². The molecule has 7 heteroatoms. The van der Waals surface area contributed by atoms with Gasteiger partial charge in [-0.05, 0) is 36.2 Å². The predicted molar refractivity (Wildman–Crippen MR) is 70.3 cm³/mol. The van der Waals surface area contributed by atoms with Crippen molar-refractivity contribution in [2.24, 2.45) is 0 Å². The molecule has 0 saturated heterocycles. The minimum atomic E-state index is -0.354. The molecular weight excluding hydrogens is 271 g/mol. The van der Waals surface area contributed by atoms with Gasteiger partial charge in [0.1, 0.15) is 5.82 Å². The van der Waals surface area contributed by atoms with Crippen molar-refractivity contribution in [3.05, 3.63) is 35.4 Å². The van der Waals surface area contributed by atoms with Gasteiger partial charge in [0.25, 0.3) is 0 Å². The molecule has 0 amide bonds. The third-order valence-corrected chi connectivity index (χ3v) is 2.27. The lowest BCUT2D eigenvalue weighted by Gasteiger charge is -2.07. The zero-order valence-electron chi connectivity index (χ0n) is 10.2. The highest BCUT2D eigenvalue weighted by molar-refractivity contribution is 6.28. The van der Waals surface area contributed by atoms with Gasteiger partial charge in [0.05, 0.1) is 6.61 Å². The van der Waals surface area contributed by atoms with E-state index in [1.807, 2.05) is 6.92 Å². The lowest BCUT2D eigenvalue weighted by atomic mass is 10.3. The van der Waals surface area contributed by atoms with Gasteiger partial charge in [-0.3, -0.25) is 0 Å². The second-order valence-electron chi connectivity index (χ2n) is 3.69. The SMILES string of the molecule is CCCOc1nc(Cl)nc(Nc2cccc(F)c2)n1.